The Balaban J connectivity index is 2.77. The Morgan fingerprint density at radius 1 is 1.53 bits per heavy atom. The summed E-state index contributed by atoms with van der Waals surface area (Å²) in [5.74, 6) is -1.01. The number of azide groups is 1. The lowest BCUT2D eigenvalue weighted by Crippen LogP contribution is -1.98. The van der Waals surface area contributed by atoms with E-state index >= 15 is 0 Å². The Hall–Kier alpha value is -2.46. The average molecular weight is 232 g/mol. The molecule has 1 rings (SSSR count). The van der Waals surface area contributed by atoms with Crippen molar-refractivity contribution in [1.29, 1.82) is 0 Å². The molecule has 6 nitrogen and oxygen atoms in total. The lowest BCUT2D eigenvalue weighted by molar-refractivity contribution is 0.0697. The second-order valence-electron chi connectivity index (χ2n) is 3.34. The van der Waals surface area contributed by atoms with Crippen LogP contribution in [0.5, 0.6) is 0 Å². The summed E-state index contributed by atoms with van der Waals surface area (Å²) in [6.45, 7) is 0.376. The molecular formula is C11H12N4O2. The number of rotatable bonds is 5. The highest BCUT2D eigenvalue weighted by molar-refractivity contribution is 5.89. The molecule has 0 amide bonds. The van der Waals surface area contributed by atoms with Gasteiger partial charge >= 0.3 is 5.97 Å². The van der Waals surface area contributed by atoms with Gasteiger partial charge in [-0.3, -0.25) is 0 Å². The summed E-state index contributed by atoms with van der Waals surface area (Å²) < 4.78 is 0. The summed E-state index contributed by atoms with van der Waals surface area (Å²) in [7, 11) is 0. The molecular weight excluding hydrogens is 220 g/mol. The summed E-state index contributed by atoms with van der Waals surface area (Å²) in [6.07, 6.45) is 4.14. The second-order valence-corrected chi connectivity index (χ2v) is 3.34. The lowest BCUT2D eigenvalue weighted by atomic mass is 10.1. The van der Waals surface area contributed by atoms with Gasteiger partial charge in [-0.1, -0.05) is 17.3 Å². The Morgan fingerprint density at radius 2 is 2.29 bits per heavy atom. The normalized spacial score (nSPS) is 10.1. The van der Waals surface area contributed by atoms with Crippen molar-refractivity contribution < 1.29 is 9.90 Å². The molecule has 0 radical (unpaired) electrons. The number of carboxylic acid groups (broad SMARTS) is 1. The number of nitrogens with two attached hydrogens (primary N) is 1. The number of aromatic carboxylic acids is 1. The zero-order valence-corrected chi connectivity index (χ0v) is 9.08. The van der Waals surface area contributed by atoms with Crippen molar-refractivity contribution >= 4 is 17.7 Å². The van der Waals surface area contributed by atoms with Gasteiger partial charge < -0.3 is 10.8 Å². The number of anilines is 1. The molecule has 88 valence electrons. The minimum absolute atomic E-state index is 0.152. The molecule has 0 aliphatic carbocycles. The molecule has 0 fully saturated rings. The zero-order valence-electron chi connectivity index (χ0n) is 9.08. The first-order valence-electron chi connectivity index (χ1n) is 4.94. The first-order valence-corrected chi connectivity index (χ1v) is 4.94. The van der Waals surface area contributed by atoms with Crippen molar-refractivity contribution in [2.24, 2.45) is 5.11 Å². The average Bonchev–Trinajstić information content (AvgIpc) is 2.28. The minimum Gasteiger partial charge on any atom is -0.478 e. The van der Waals surface area contributed by atoms with Gasteiger partial charge in [-0.15, -0.1) is 0 Å². The van der Waals surface area contributed by atoms with E-state index in [0.717, 1.165) is 0 Å². The van der Waals surface area contributed by atoms with E-state index in [2.05, 4.69) is 10.0 Å². The highest BCUT2D eigenvalue weighted by atomic mass is 16.4. The molecule has 6 heteroatoms. The monoisotopic (exact) mass is 232 g/mol. The maximum atomic E-state index is 10.8. The molecule has 0 atom stereocenters. The molecule has 17 heavy (non-hydrogen) atoms. The molecule has 1 aromatic carbocycles. The third-order valence-corrected chi connectivity index (χ3v) is 1.99. The van der Waals surface area contributed by atoms with Crippen molar-refractivity contribution in [3.05, 3.63) is 45.8 Å². The van der Waals surface area contributed by atoms with Gasteiger partial charge in [0.15, 0.2) is 0 Å². The fraction of sp³-hybridized carbons (Fsp3) is 0.182. The SMILES string of the molecule is [N-]=[N+]=NCCC=Cc1cc(N)cc(C(=O)O)c1. The van der Waals surface area contributed by atoms with Crippen LogP contribution in [-0.4, -0.2) is 17.6 Å². The summed E-state index contributed by atoms with van der Waals surface area (Å²) in [4.78, 5) is 13.4. The largest absolute Gasteiger partial charge is 0.478 e. The van der Waals surface area contributed by atoms with Gasteiger partial charge in [0.2, 0.25) is 0 Å². The third kappa shape index (κ3) is 4.27. The maximum Gasteiger partial charge on any atom is 0.335 e. The standard InChI is InChI=1S/C11H12N4O2/c12-10-6-8(3-1-2-4-14-15-13)5-9(7-10)11(16)17/h1,3,5-7H,2,4,12H2,(H,16,17). The highest BCUT2D eigenvalue weighted by Crippen LogP contribution is 2.13. The van der Waals surface area contributed by atoms with Crippen LogP contribution in [0.2, 0.25) is 0 Å². The van der Waals surface area contributed by atoms with E-state index in [4.69, 9.17) is 16.4 Å². The van der Waals surface area contributed by atoms with Gasteiger partial charge in [0.1, 0.15) is 0 Å². The Morgan fingerprint density at radius 3 is 2.94 bits per heavy atom. The van der Waals surface area contributed by atoms with Crippen molar-refractivity contribution in [2.75, 3.05) is 12.3 Å². The van der Waals surface area contributed by atoms with Crippen LogP contribution in [0.25, 0.3) is 16.5 Å². The third-order valence-electron chi connectivity index (χ3n) is 1.99. The number of nitrogens with zero attached hydrogens (tertiary/aromatic N) is 3. The molecule has 1 aromatic rings. The molecule has 0 aromatic heterocycles. The summed E-state index contributed by atoms with van der Waals surface area (Å²) >= 11 is 0. The smallest absolute Gasteiger partial charge is 0.335 e. The van der Waals surface area contributed by atoms with Crippen LogP contribution in [0.15, 0.2) is 29.4 Å². The second kappa shape index (κ2) is 6.19. The molecule has 0 bridgehead atoms. The van der Waals surface area contributed by atoms with Crippen LogP contribution in [0.1, 0.15) is 22.3 Å². The van der Waals surface area contributed by atoms with Gasteiger partial charge in [0, 0.05) is 17.1 Å². The maximum absolute atomic E-state index is 10.8. The van der Waals surface area contributed by atoms with E-state index in [1.807, 2.05) is 0 Å². The van der Waals surface area contributed by atoms with Crippen molar-refractivity contribution in [1.82, 2.24) is 0 Å². The van der Waals surface area contributed by atoms with E-state index in [-0.39, 0.29) is 5.56 Å². The fourth-order valence-electron chi connectivity index (χ4n) is 1.29. The first-order chi connectivity index (χ1) is 8.13. The van der Waals surface area contributed by atoms with Gasteiger partial charge in [0.05, 0.1) is 5.56 Å². The van der Waals surface area contributed by atoms with E-state index in [0.29, 0.717) is 24.2 Å². The van der Waals surface area contributed by atoms with E-state index in [9.17, 15) is 4.79 Å². The van der Waals surface area contributed by atoms with Crippen LogP contribution in [0.3, 0.4) is 0 Å². The van der Waals surface area contributed by atoms with Crippen molar-refractivity contribution in [3.63, 3.8) is 0 Å². The first kappa shape index (κ1) is 12.6. The quantitative estimate of drug-likeness (QED) is 0.267. The number of carbonyl (C=O) groups is 1. The molecule has 0 aliphatic heterocycles. The summed E-state index contributed by atoms with van der Waals surface area (Å²) in [5, 5.41) is 12.2. The van der Waals surface area contributed by atoms with Gasteiger partial charge in [-0.2, -0.15) is 0 Å². The van der Waals surface area contributed by atoms with Gasteiger partial charge in [0.25, 0.3) is 0 Å². The number of hydrogen-bond acceptors (Lipinski definition) is 3. The Bertz CT molecular complexity index is 490. The minimum atomic E-state index is -1.01. The highest BCUT2D eigenvalue weighted by Gasteiger charge is 2.03. The number of nitrogen functional groups attached to an aromatic ring is 1. The van der Waals surface area contributed by atoms with Gasteiger partial charge in [-0.25, -0.2) is 4.79 Å². The van der Waals surface area contributed by atoms with Gasteiger partial charge in [-0.05, 0) is 35.7 Å². The van der Waals surface area contributed by atoms with E-state index in [1.165, 1.54) is 12.1 Å². The van der Waals surface area contributed by atoms with Crippen molar-refractivity contribution in [3.8, 4) is 0 Å². The van der Waals surface area contributed by atoms with Crippen molar-refractivity contribution in [2.45, 2.75) is 6.42 Å². The molecule has 0 unspecified atom stereocenters. The molecule has 0 aliphatic rings. The van der Waals surface area contributed by atoms with E-state index in [1.54, 1.807) is 18.2 Å². The number of benzene rings is 1. The fourth-order valence-corrected chi connectivity index (χ4v) is 1.29. The van der Waals surface area contributed by atoms with Crippen LogP contribution in [0, 0.1) is 0 Å². The summed E-state index contributed by atoms with van der Waals surface area (Å²) in [6, 6.07) is 4.61. The van der Waals surface area contributed by atoms with Crippen LogP contribution in [-0.2, 0) is 0 Å². The predicted molar refractivity (Wildman–Crippen MR) is 65.5 cm³/mol. The number of hydrogen-bond donors (Lipinski definition) is 2. The van der Waals surface area contributed by atoms with Crippen LogP contribution >= 0.6 is 0 Å². The zero-order chi connectivity index (χ0) is 12.7. The van der Waals surface area contributed by atoms with E-state index < -0.39 is 5.97 Å². The molecule has 0 spiro atoms. The summed E-state index contributed by atoms with van der Waals surface area (Å²) in [5.41, 5.74) is 14.9. The molecule has 0 saturated heterocycles. The lowest BCUT2D eigenvalue weighted by Gasteiger charge is -2.00. The van der Waals surface area contributed by atoms with Crippen LogP contribution < -0.4 is 5.73 Å². The Labute approximate surface area is 98.0 Å². The Kier molecular flexibility index (Phi) is 4.59. The number of carboxylic acids is 1. The predicted octanol–water partition coefficient (Wildman–Crippen LogP) is 2.68. The molecule has 0 heterocycles. The topological polar surface area (TPSA) is 112 Å². The van der Waals surface area contributed by atoms with Crippen LogP contribution in [0.4, 0.5) is 5.69 Å². The molecule has 3 N–H and O–H groups in total. The molecule has 0 saturated carbocycles.